The summed E-state index contributed by atoms with van der Waals surface area (Å²) in [6.07, 6.45) is -4.30. The van der Waals surface area contributed by atoms with Crippen LogP contribution in [0.25, 0.3) is 0 Å². The van der Waals surface area contributed by atoms with E-state index in [2.05, 4.69) is 15.1 Å². The van der Waals surface area contributed by atoms with Gasteiger partial charge >= 0.3 is 6.18 Å². The lowest BCUT2D eigenvalue weighted by atomic mass is 10.1. The zero-order chi connectivity index (χ0) is 19.5. The highest BCUT2D eigenvalue weighted by molar-refractivity contribution is 5.81. The van der Waals surface area contributed by atoms with Gasteiger partial charge in [-0.05, 0) is 45.4 Å². The zero-order valence-corrected chi connectivity index (χ0v) is 15.9. The standard InChI is InChI=1S/C19H28F3N3O/c1-14(17(26)23-18(2,3)4)25-11-9-24(10-12-25)13-15-5-7-16(8-6-15)19(20,21)22/h5-8,14H,9-13H2,1-4H3,(H,23,26). The highest BCUT2D eigenvalue weighted by Crippen LogP contribution is 2.29. The molecule has 1 aliphatic heterocycles. The van der Waals surface area contributed by atoms with Crippen molar-refractivity contribution >= 4 is 5.91 Å². The zero-order valence-electron chi connectivity index (χ0n) is 15.9. The molecule has 0 radical (unpaired) electrons. The first-order valence-electron chi connectivity index (χ1n) is 8.90. The third kappa shape index (κ3) is 5.99. The molecule has 0 aliphatic carbocycles. The van der Waals surface area contributed by atoms with Crippen LogP contribution in [0.4, 0.5) is 13.2 Å². The monoisotopic (exact) mass is 371 g/mol. The van der Waals surface area contributed by atoms with Crippen LogP contribution in [-0.4, -0.2) is 53.5 Å². The molecule has 2 rings (SSSR count). The average molecular weight is 371 g/mol. The molecule has 146 valence electrons. The summed E-state index contributed by atoms with van der Waals surface area (Å²) in [4.78, 5) is 16.6. The number of amides is 1. The van der Waals surface area contributed by atoms with Crippen molar-refractivity contribution in [1.82, 2.24) is 15.1 Å². The van der Waals surface area contributed by atoms with E-state index in [9.17, 15) is 18.0 Å². The van der Waals surface area contributed by atoms with E-state index in [1.54, 1.807) is 0 Å². The summed E-state index contributed by atoms with van der Waals surface area (Å²) >= 11 is 0. The number of halogens is 3. The van der Waals surface area contributed by atoms with Crippen molar-refractivity contribution in [2.45, 2.75) is 52.0 Å². The van der Waals surface area contributed by atoms with E-state index in [1.165, 1.54) is 12.1 Å². The summed E-state index contributed by atoms with van der Waals surface area (Å²) in [7, 11) is 0. The second-order valence-electron chi connectivity index (χ2n) is 7.92. The molecule has 0 bridgehead atoms. The summed E-state index contributed by atoms with van der Waals surface area (Å²) in [5.41, 5.74) is -0.00910. The maximum absolute atomic E-state index is 12.6. The van der Waals surface area contributed by atoms with E-state index in [-0.39, 0.29) is 17.5 Å². The number of piperazine rings is 1. The molecular weight excluding hydrogens is 343 g/mol. The molecule has 1 saturated heterocycles. The van der Waals surface area contributed by atoms with Gasteiger partial charge in [0.15, 0.2) is 0 Å². The summed E-state index contributed by atoms with van der Waals surface area (Å²) in [6, 6.07) is 5.14. The second-order valence-corrected chi connectivity index (χ2v) is 7.92. The van der Waals surface area contributed by atoms with Crippen molar-refractivity contribution in [3.05, 3.63) is 35.4 Å². The Morgan fingerprint density at radius 3 is 2.08 bits per heavy atom. The Bertz CT molecular complexity index is 600. The summed E-state index contributed by atoms with van der Waals surface area (Å²) in [5.74, 6) is 0.0219. The Morgan fingerprint density at radius 1 is 1.08 bits per heavy atom. The van der Waals surface area contributed by atoms with E-state index in [1.807, 2.05) is 27.7 Å². The number of hydrogen-bond donors (Lipinski definition) is 1. The van der Waals surface area contributed by atoms with Crippen LogP contribution in [0.5, 0.6) is 0 Å². The molecule has 7 heteroatoms. The Balaban J connectivity index is 1.84. The molecule has 1 N–H and O–H groups in total. The van der Waals surface area contributed by atoms with Gasteiger partial charge in [0.2, 0.25) is 5.91 Å². The molecule has 1 aromatic rings. The third-order valence-electron chi connectivity index (χ3n) is 4.52. The molecule has 1 amide bonds. The summed E-state index contributed by atoms with van der Waals surface area (Å²) < 4.78 is 37.8. The van der Waals surface area contributed by atoms with Crippen molar-refractivity contribution in [3.63, 3.8) is 0 Å². The number of hydrogen-bond acceptors (Lipinski definition) is 3. The van der Waals surface area contributed by atoms with Crippen LogP contribution >= 0.6 is 0 Å². The lowest BCUT2D eigenvalue weighted by molar-refractivity contribution is -0.137. The number of carbonyl (C=O) groups excluding carboxylic acids is 1. The Kier molecular flexibility index (Phi) is 6.34. The molecule has 0 aromatic heterocycles. The van der Waals surface area contributed by atoms with Crippen LogP contribution in [0.3, 0.4) is 0 Å². The molecule has 26 heavy (non-hydrogen) atoms. The van der Waals surface area contributed by atoms with Crippen LogP contribution in [0.1, 0.15) is 38.8 Å². The second kappa shape index (κ2) is 7.96. The Hall–Kier alpha value is -1.60. The molecule has 4 nitrogen and oxygen atoms in total. The number of nitrogens with one attached hydrogen (secondary N) is 1. The predicted octanol–water partition coefficient (Wildman–Crippen LogP) is 3.13. The molecule has 1 unspecified atom stereocenters. The number of alkyl halides is 3. The van der Waals surface area contributed by atoms with Crippen molar-refractivity contribution in [2.75, 3.05) is 26.2 Å². The fourth-order valence-electron chi connectivity index (χ4n) is 3.01. The first-order chi connectivity index (χ1) is 12.0. The quantitative estimate of drug-likeness (QED) is 0.883. The van der Waals surface area contributed by atoms with Crippen LogP contribution in [-0.2, 0) is 17.5 Å². The van der Waals surface area contributed by atoms with Gasteiger partial charge in [-0.3, -0.25) is 14.6 Å². The fourth-order valence-corrected chi connectivity index (χ4v) is 3.01. The van der Waals surface area contributed by atoms with Crippen molar-refractivity contribution in [2.24, 2.45) is 0 Å². The van der Waals surface area contributed by atoms with Crippen LogP contribution in [0.15, 0.2) is 24.3 Å². The van der Waals surface area contributed by atoms with Gasteiger partial charge in [0.1, 0.15) is 0 Å². The topological polar surface area (TPSA) is 35.6 Å². The minimum atomic E-state index is -4.30. The van der Waals surface area contributed by atoms with E-state index >= 15 is 0 Å². The molecular formula is C19H28F3N3O. The van der Waals surface area contributed by atoms with Gasteiger partial charge in [0.25, 0.3) is 0 Å². The molecule has 1 atom stereocenters. The smallest absolute Gasteiger partial charge is 0.350 e. The summed E-state index contributed by atoms with van der Waals surface area (Å²) in [6.45, 7) is 11.5. The van der Waals surface area contributed by atoms with Crippen molar-refractivity contribution < 1.29 is 18.0 Å². The number of carbonyl (C=O) groups is 1. The molecule has 0 spiro atoms. The van der Waals surface area contributed by atoms with E-state index < -0.39 is 11.7 Å². The van der Waals surface area contributed by atoms with Gasteiger partial charge in [0, 0.05) is 38.3 Å². The van der Waals surface area contributed by atoms with Gasteiger partial charge in [-0.15, -0.1) is 0 Å². The number of rotatable bonds is 4. The largest absolute Gasteiger partial charge is 0.416 e. The van der Waals surface area contributed by atoms with Gasteiger partial charge in [0.05, 0.1) is 11.6 Å². The third-order valence-corrected chi connectivity index (χ3v) is 4.52. The van der Waals surface area contributed by atoms with E-state index in [0.29, 0.717) is 6.54 Å². The molecule has 1 aliphatic rings. The lowest BCUT2D eigenvalue weighted by Crippen LogP contribution is -2.56. The Labute approximate surface area is 153 Å². The lowest BCUT2D eigenvalue weighted by Gasteiger charge is -2.38. The minimum Gasteiger partial charge on any atom is -0.350 e. The highest BCUT2D eigenvalue weighted by atomic mass is 19.4. The van der Waals surface area contributed by atoms with Crippen molar-refractivity contribution in [1.29, 1.82) is 0 Å². The maximum atomic E-state index is 12.6. The van der Waals surface area contributed by atoms with Gasteiger partial charge in [-0.25, -0.2) is 0 Å². The maximum Gasteiger partial charge on any atom is 0.416 e. The molecule has 1 fully saturated rings. The predicted molar refractivity (Wildman–Crippen MR) is 95.7 cm³/mol. The average Bonchev–Trinajstić information content (AvgIpc) is 2.53. The fraction of sp³-hybridized carbons (Fsp3) is 0.632. The van der Waals surface area contributed by atoms with E-state index in [0.717, 1.165) is 43.9 Å². The first kappa shape index (κ1) is 20.7. The normalized spacial score (nSPS) is 18.6. The summed E-state index contributed by atoms with van der Waals surface area (Å²) in [5, 5.41) is 3.00. The van der Waals surface area contributed by atoms with Gasteiger partial charge in [-0.2, -0.15) is 13.2 Å². The molecule has 0 saturated carbocycles. The van der Waals surface area contributed by atoms with Gasteiger partial charge in [-0.1, -0.05) is 12.1 Å². The van der Waals surface area contributed by atoms with Gasteiger partial charge < -0.3 is 5.32 Å². The number of nitrogens with zero attached hydrogens (tertiary/aromatic N) is 2. The van der Waals surface area contributed by atoms with Crippen LogP contribution < -0.4 is 5.32 Å². The highest BCUT2D eigenvalue weighted by Gasteiger charge is 2.30. The minimum absolute atomic E-state index is 0.0219. The van der Waals surface area contributed by atoms with Crippen molar-refractivity contribution in [3.8, 4) is 0 Å². The van der Waals surface area contributed by atoms with Crippen LogP contribution in [0.2, 0.25) is 0 Å². The number of benzene rings is 1. The first-order valence-corrected chi connectivity index (χ1v) is 8.90. The molecule has 1 aromatic carbocycles. The van der Waals surface area contributed by atoms with Crippen LogP contribution in [0, 0.1) is 0 Å². The SMILES string of the molecule is CC(C(=O)NC(C)(C)C)N1CCN(Cc2ccc(C(F)(F)F)cc2)CC1. The van der Waals surface area contributed by atoms with E-state index in [4.69, 9.17) is 0 Å². The Morgan fingerprint density at radius 2 is 1.62 bits per heavy atom. The molecule has 1 heterocycles.